The summed E-state index contributed by atoms with van der Waals surface area (Å²) in [5.74, 6) is -1.38. The second-order valence-corrected chi connectivity index (χ2v) is 10.2. The topological polar surface area (TPSA) is 91.0 Å². The molecule has 2 N–H and O–H groups in total. The zero-order valence-corrected chi connectivity index (χ0v) is 20.6. The van der Waals surface area contributed by atoms with Gasteiger partial charge in [-0.15, -0.1) is 11.3 Å². The van der Waals surface area contributed by atoms with E-state index in [0.29, 0.717) is 46.6 Å². The van der Waals surface area contributed by atoms with Crippen molar-refractivity contribution in [2.75, 3.05) is 43.1 Å². The summed E-state index contributed by atoms with van der Waals surface area (Å²) in [6, 6.07) is 7.83. The van der Waals surface area contributed by atoms with Crippen LogP contribution in [0, 0.1) is 0 Å². The summed E-state index contributed by atoms with van der Waals surface area (Å²) in [6.07, 6.45) is -3.44. The molecule has 0 radical (unpaired) electrons. The van der Waals surface area contributed by atoms with E-state index in [1.807, 2.05) is 0 Å². The Bertz CT molecular complexity index is 1110. The van der Waals surface area contributed by atoms with Crippen molar-refractivity contribution in [1.82, 2.24) is 10.2 Å². The molecule has 1 atom stereocenters. The number of amides is 3. The fourth-order valence-electron chi connectivity index (χ4n) is 3.92. The third kappa shape index (κ3) is 6.96. The van der Waals surface area contributed by atoms with Crippen LogP contribution in [0.2, 0.25) is 4.34 Å². The van der Waals surface area contributed by atoms with Crippen LogP contribution in [0.5, 0.6) is 0 Å². The Labute approximate surface area is 214 Å². The maximum atomic E-state index is 13.3. The summed E-state index contributed by atoms with van der Waals surface area (Å²) in [5.41, 5.74) is 0.977. The molecule has 194 valence electrons. The number of nitrogens with zero attached hydrogens (tertiary/aromatic N) is 2. The van der Waals surface area contributed by atoms with Crippen LogP contribution in [0.25, 0.3) is 0 Å². The van der Waals surface area contributed by atoms with Crippen LogP contribution >= 0.6 is 22.9 Å². The molecule has 4 rings (SSSR count). The Morgan fingerprint density at radius 3 is 2.50 bits per heavy atom. The van der Waals surface area contributed by atoms with Gasteiger partial charge in [0, 0.05) is 30.5 Å². The number of hydrogen-bond donors (Lipinski definition) is 2. The normalized spacial score (nSPS) is 17.2. The molecule has 1 saturated heterocycles. The van der Waals surface area contributed by atoms with Gasteiger partial charge in [-0.25, -0.2) is 0 Å². The quantitative estimate of drug-likeness (QED) is 0.504. The van der Waals surface area contributed by atoms with Crippen LogP contribution in [0.15, 0.2) is 36.4 Å². The van der Waals surface area contributed by atoms with Gasteiger partial charge in [-0.05, 0) is 49.2 Å². The molecule has 8 nitrogen and oxygen atoms in total. The predicted octanol–water partition coefficient (Wildman–Crippen LogP) is 3.53. The molecular weight excluding hydrogens is 521 g/mol. The summed E-state index contributed by atoms with van der Waals surface area (Å²) in [7, 11) is 0. The fourth-order valence-corrected chi connectivity index (χ4v) is 4.88. The molecule has 2 aromatic rings. The predicted molar refractivity (Wildman–Crippen MR) is 129 cm³/mol. The van der Waals surface area contributed by atoms with E-state index < -0.39 is 36.6 Å². The lowest BCUT2D eigenvalue weighted by molar-refractivity contribution is -0.155. The first-order valence-corrected chi connectivity index (χ1v) is 12.5. The summed E-state index contributed by atoms with van der Waals surface area (Å²) < 4.78 is 45.6. The van der Waals surface area contributed by atoms with Crippen LogP contribution in [-0.2, 0) is 14.3 Å². The van der Waals surface area contributed by atoms with E-state index in [9.17, 15) is 27.6 Å². The first kappa shape index (κ1) is 26.4. The second kappa shape index (κ2) is 11.2. The van der Waals surface area contributed by atoms with Gasteiger partial charge in [-0.3, -0.25) is 19.3 Å². The van der Waals surface area contributed by atoms with E-state index in [2.05, 4.69) is 10.6 Å². The number of nitrogens with one attached hydrogen (secondary N) is 2. The number of hydrogen-bond acceptors (Lipinski definition) is 6. The molecule has 2 fully saturated rings. The van der Waals surface area contributed by atoms with Crippen LogP contribution in [0.4, 0.5) is 24.5 Å². The summed E-state index contributed by atoms with van der Waals surface area (Å²) in [6.45, 7) is -0.789. The first-order valence-electron chi connectivity index (χ1n) is 11.3. The van der Waals surface area contributed by atoms with Crippen molar-refractivity contribution in [3.63, 3.8) is 0 Å². The molecular formula is C23H24ClF3N4O4S. The highest BCUT2D eigenvalue weighted by Gasteiger charge is 2.43. The molecule has 1 saturated carbocycles. The number of rotatable bonds is 9. The average molecular weight is 545 g/mol. The van der Waals surface area contributed by atoms with Crippen LogP contribution in [-0.4, -0.2) is 73.7 Å². The lowest BCUT2D eigenvalue weighted by Gasteiger charge is -2.31. The van der Waals surface area contributed by atoms with E-state index >= 15 is 0 Å². The van der Waals surface area contributed by atoms with Crippen molar-refractivity contribution in [3.05, 3.63) is 45.6 Å². The standard InChI is InChI=1S/C23H24ClF3N4O4S/c24-19-8-7-18(36-19)22(34)28-11-17(31(16-5-6-16)13-23(25,26)27)21(33)29-14-1-3-15(4-2-14)30-9-10-35-12-20(30)32/h1-4,7-8,16-17H,5-6,9-13H2,(H,28,34)(H,29,33)/t17-/m1/s1. The molecule has 1 aliphatic heterocycles. The van der Waals surface area contributed by atoms with E-state index in [-0.39, 0.29) is 19.1 Å². The Kier molecular flexibility index (Phi) is 8.18. The van der Waals surface area contributed by atoms with Gasteiger partial charge in [0.15, 0.2) is 0 Å². The molecule has 0 spiro atoms. The average Bonchev–Trinajstić information content (AvgIpc) is 3.58. The third-order valence-corrected chi connectivity index (χ3v) is 7.00. The molecule has 13 heteroatoms. The van der Waals surface area contributed by atoms with E-state index in [4.69, 9.17) is 16.3 Å². The molecule has 1 aliphatic carbocycles. The maximum absolute atomic E-state index is 13.3. The zero-order chi connectivity index (χ0) is 25.9. The van der Waals surface area contributed by atoms with E-state index in [0.717, 1.165) is 16.2 Å². The second-order valence-electron chi connectivity index (χ2n) is 8.48. The highest BCUT2D eigenvalue weighted by atomic mass is 35.5. The van der Waals surface area contributed by atoms with Gasteiger partial charge in [-0.2, -0.15) is 13.2 Å². The first-order chi connectivity index (χ1) is 17.1. The van der Waals surface area contributed by atoms with Crippen LogP contribution < -0.4 is 15.5 Å². The Hall–Kier alpha value is -2.67. The maximum Gasteiger partial charge on any atom is 0.401 e. The number of anilines is 2. The number of ether oxygens (including phenoxy) is 1. The van der Waals surface area contributed by atoms with Crippen molar-refractivity contribution in [2.45, 2.75) is 31.1 Å². The van der Waals surface area contributed by atoms with Crippen molar-refractivity contribution < 1.29 is 32.3 Å². The number of alkyl halides is 3. The lowest BCUT2D eigenvalue weighted by Crippen LogP contribution is -2.54. The Balaban J connectivity index is 1.48. The molecule has 2 heterocycles. The van der Waals surface area contributed by atoms with Gasteiger partial charge < -0.3 is 20.3 Å². The minimum Gasteiger partial charge on any atom is -0.370 e. The van der Waals surface area contributed by atoms with Gasteiger partial charge in [0.05, 0.1) is 22.4 Å². The van der Waals surface area contributed by atoms with Gasteiger partial charge in [-0.1, -0.05) is 11.6 Å². The SMILES string of the molecule is O=C(NC[C@H](C(=O)Nc1ccc(N2CCOCC2=O)cc1)N(CC(F)(F)F)C1CC1)c1ccc(Cl)s1. The van der Waals surface area contributed by atoms with Crippen molar-refractivity contribution in [3.8, 4) is 0 Å². The lowest BCUT2D eigenvalue weighted by atomic mass is 10.2. The van der Waals surface area contributed by atoms with Crippen molar-refractivity contribution in [1.29, 1.82) is 0 Å². The smallest absolute Gasteiger partial charge is 0.370 e. The Morgan fingerprint density at radius 2 is 1.92 bits per heavy atom. The van der Waals surface area contributed by atoms with Gasteiger partial charge in [0.2, 0.25) is 5.91 Å². The Morgan fingerprint density at radius 1 is 1.19 bits per heavy atom. The molecule has 0 bridgehead atoms. The van der Waals surface area contributed by atoms with Gasteiger partial charge >= 0.3 is 6.18 Å². The number of halogens is 4. The largest absolute Gasteiger partial charge is 0.401 e. The molecule has 3 amide bonds. The van der Waals surface area contributed by atoms with Gasteiger partial charge in [0.25, 0.3) is 11.8 Å². The summed E-state index contributed by atoms with van der Waals surface area (Å²) in [4.78, 5) is 40.6. The third-order valence-electron chi connectivity index (χ3n) is 5.77. The van der Waals surface area contributed by atoms with Crippen molar-refractivity contribution in [2.24, 2.45) is 0 Å². The zero-order valence-electron chi connectivity index (χ0n) is 19.0. The molecule has 36 heavy (non-hydrogen) atoms. The van der Waals surface area contributed by atoms with Crippen LogP contribution in [0.1, 0.15) is 22.5 Å². The number of carbonyl (C=O) groups is 3. The fraction of sp³-hybridized carbons (Fsp3) is 0.435. The molecule has 0 unspecified atom stereocenters. The highest BCUT2D eigenvalue weighted by molar-refractivity contribution is 7.18. The summed E-state index contributed by atoms with van der Waals surface area (Å²) >= 11 is 6.89. The monoisotopic (exact) mass is 544 g/mol. The van der Waals surface area contributed by atoms with E-state index in [1.165, 1.54) is 6.07 Å². The van der Waals surface area contributed by atoms with Gasteiger partial charge in [0.1, 0.15) is 12.6 Å². The minimum absolute atomic E-state index is 0.0141. The number of benzene rings is 1. The molecule has 1 aromatic heterocycles. The number of carbonyl (C=O) groups excluding carboxylic acids is 3. The molecule has 2 aliphatic rings. The highest BCUT2D eigenvalue weighted by Crippen LogP contribution is 2.32. The van der Waals surface area contributed by atoms with Crippen LogP contribution in [0.3, 0.4) is 0 Å². The number of morpholine rings is 1. The van der Waals surface area contributed by atoms with E-state index in [1.54, 1.807) is 35.2 Å². The molecule has 1 aromatic carbocycles. The van der Waals surface area contributed by atoms with Crippen molar-refractivity contribution >= 4 is 52.0 Å². The number of thiophene rings is 1. The summed E-state index contributed by atoms with van der Waals surface area (Å²) in [5, 5.41) is 5.23. The minimum atomic E-state index is -4.52.